The Morgan fingerprint density at radius 2 is 1.79 bits per heavy atom. The van der Waals surface area contributed by atoms with Gasteiger partial charge in [-0.25, -0.2) is 8.42 Å². The molecule has 11 heteroatoms. The minimum Gasteiger partial charge on any atom is -0.319 e. The summed E-state index contributed by atoms with van der Waals surface area (Å²) in [5.74, 6) is -0.561. The van der Waals surface area contributed by atoms with E-state index in [9.17, 15) is 13.2 Å². The third kappa shape index (κ3) is 5.53. The zero-order chi connectivity index (χ0) is 23.6. The van der Waals surface area contributed by atoms with E-state index in [2.05, 4.69) is 10.4 Å². The van der Waals surface area contributed by atoms with Crippen LogP contribution in [0, 0.1) is 0 Å². The Morgan fingerprint density at radius 3 is 2.52 bits per heavy atom. The molecule has 0 atom stereocenters. The molecule has 0 bridgehead atoms. The summed E-state index contributed by atoms with van der Waals surface area (Å²) < 4.78 is 29.2. The number of piperidine rings is 1. The maximum absolute atomic E-state index is 13.1. The molecule has 2 aromatic carbocycles. The monoisotopic (exact) mass is 526 g/mol. The van der Waals surface area contributed by atoms with Crippen LogP contribution in [-0.2, 0) is 16.6 Å². The van der Waals surface area contributed by atoms with Crippen LogP contribution in [0.25, 0.3) is 0 Å². The van der Waals surface area contributed by atoms with Crippen molar-refractivity contribution in [3.05, 3.63) is 75.0 Å². The van der Waals surface area contributed by atoms with Crippen molar-refractivity contribution in [2.45, 2.75) is 30.7 Å². The van der Waals surface area contributed by atoms with Crippen molar-refractivity contribution in [3.63, 3.8) is 0 Å². The summed E-state index contributed by atoms with van der Waals surface area (Å²) in [5.41, 5.74) is 1.41. The lowest BCUT2D eigenvalue weighted by Crippen LogP contribution is -2.35. The van der Waals surface area contributed by atoms with Crippen LogP contribution >= 0.6 is 34.8 Å². The number of nitrogens with zero attached hydrogens (tertiary/aromatic N) is 3. The van der Waals surface area contributed by atoms with Gasteiger partial charge in [0.25, 0.3) is 5.91 Å². The van der Waals surface area contributed by atoms with E-state index in [0.29, 0.717) is 30.3 Å². The summed E-state index contributed by atoms with van der Waals surface area (Å²) in [7, 11) is -3.84. The van der Waals surface area contributed by atoms with Crippen LogP contribution in [0.3, 0.4) is 0 Å². The van der Waals surface area contributed by atoms with Crippen molar-refractivity contribution in [2.24, 2.45) is 0 Å². The molecule has 174 valence electrons. The fourth-order valence-electron chi connectivity index (χ4n) is 3.68. The smallest absolute Gasteiger partial charge is 0.257 e. The Bertz CT molecular complexity index is 1290. The molecule has 1 fully saturated rings. The quantitative estimate of drug-likeness (QED) is 0.470. The lowest BCUT2D eigenvalue weighted by Gasteiger charge is -2.26. The second-order valence-corrected chi connectivity index (χ2v) is 10.9. The number of aromatic nitrogens is 2. The fraction of sp³-hybridized carbons (Fsp3) is 0.273. The number of halogens is 3. The van der Waals surface area contributed by atoms with Crippen LogP contribution in [0.5, 0.6) is 0 Å². The Morgan fingerprint density at radius 1 is 1.03 bits per heavy atom. The molecular formula is C22H21Cl3N4O3S. The molecule has 0 saturated carbocycles. The Hall–Kier alpha value is -2.10. The molecule has 4 rings (SSSR count). The molecule has 0 radical (unpaired) electrons. The molecule has 1 aliphatic heterocycles. The second kappa shape index (κ2) is 10.0. The van der Waals surface area contributed by atoms with E-state index in [1.54, 1.807) is 16.9 Å². The van der Waals surface area contributed by atoms with E-state index in [0.717, 1.165) is 24.8 Å². The Balaban J connectivity index is 1.54. The van der Waals surface area contributed by atoms with E-state index < -0.39 is 15.9 Å². The van der Waals surface area contributed by atoms with Crippen molar-refractivity contribution >= 4 is 56.4 Å². The summed E-state index contributed by atoms with van der Waals surface area (Å²) in [6.45, 7) is 1.32. The maximum atomic E-state index is 13.1. The van der Waals surface area contributed by atoms with E-state index in [1.165, 1.54) is 22.6 Å². The molecule has 33 heavy (non-hydrogen) atoms. The fourth-order valence-corrected chi connectivity index (χ4v) is 6.24. The summed E-state index contributed by atoms with van der Waals surface area (Å²) in [6.07, 6.45) is 5.72. The zero-order valence-corrected chi connectivity index (χ0v) is 20.6. The van der Waals surface area contributed by atoms with Crippen LogP contribution in [0.15, 0.2) is 53.7 Å². The van der Waals surface area contributed by atoms with Gasteiger partial charge in [-0.05, 0) is 42.7 Å². The van der Waals surface area contributed by atoms with Crippen LogP contribution in [-0.4, -0.2) is 41.5 Å². The van der Waals surface area contributed by atoms with Gasteiger partial charge < -0.3 is 5.32 Å². The first kappa shape index (κ1) is 24.0. The first-order valence-electron chi connectivity index (χ1n) is 10.3. The molecule has 0 spiro atoms. The van der Waals surface area contributed by atoms with Gasteiger partial charge in [-0.3, -0.25) is 9.48 Å². The highest BCUT2D eigenvalue weighted by Gasteiger charge is 2.29. The van der Waals surface area contributed by atoms with Gasteiger partial charge in [0, 0.05) is 24.3 Å². The van der Waals surface area contributed by atoms with Crippen molar-refractivity contribution < 1.29 is 13.2 Å². The number of amides is 1. The molecule has 1 amide bonds. The van der Waals surface area contributed by atoms with Gasteiger partial charge in [0.15, 0.2) is 0 Å². The van der Waals surface area contributed by atoms with Crippen LogP contribution in [0.1, 0.15) is 35.2 Å². The molecular weight excluding hydrogens is 507 g/mol. The summed E-state index contributed by atoms with van der Waals surface area (Å²) in [6, 6.07) is 9.91. The summed E-state index contributed by atoms with van der Waals surface area (Å²) >= 11 is 18.5. The van der Waals surface area contributed by atoms with Gasteiger partial charge in [0.2, 0.25) is 10.0 Å². The van der Waals surface area contributed by atoms with Crippen LogP contribution < -0.4 is 5.32 Å². The van der Waals surface area contributed by atoms with Gasteiger partial charge in [0.1, 0.15) is 4.90 Å². The molecule has 1 N–H and O–H groups in total. The minimum absolute atomic E-state index is 0.0132. The third-order valence-corrected chi connectivity index (χ3v) is 8.23. The number of hydrogen-bond donors (Lipinski definition) is 1. The lowest BCUT2D eigenvalue weighted by molar-refractivity contribution is 0.102. The SMILES string of the molecule is O=C(Nc1cnn(Cc2cccc(Cl)c2)c1)c1cc(S(=O)(=O)N2CCCCC2)c(Cl)cc1Cl. The highest BCUT2D eigenvalue weighted by molar-refractivity contribution is 7.89. The maximum Gasteiger partial charge on any atom is 0.257 e. The zero-order valence-electron chi connectivity index (χ0n) is 17.5. The highest BCUT2D eigenvalue weighted by Crippen LogP contribution is 2.32. The van der Waals surface area contributed by atoms with Crippen molar-refractivity contribution in [1.29, 1.82) is 0 Å². The largest absolute Gasteiger partial charge is 0.319 e. The lowest BCUT2D eigenvalue weighted by atomic mass is 10.2. The van der Waals surface area contributed by atoms with E-state index in [-0.39, 0.29) is 20.5 Å². The number of anilines is 1. The average Bonchev–Trinajstić information content (AvgIpc) is 3.20. The molecule has 2 heterocycles. The minimum atomic E-state index is -3.84. The van der Waals surface area contributed by atoms with Crippen molar-refractivity contribution in [3.8, 4) is 0 Å². The predicted molar refractivity (Wildman–Crippen MR) is 130 cm³/mol. The van der Waals surface area contributed by atoms with E-state index in [4.69, 9.17) is 34.8 Å². The van der Waals surface area contributed by atoms with Crippen molar-refractivity contribution in [2.75, 3.05) is 18.4 Å². The number of sulfonamides is 1. The normalized spacial score (nSPS) is 14.9. The number of carbonyl (C=O) groups is 1. The summed E-state index contributed by atoms with van der Waals surface area (Å²) in [4.78, 5) is 12.8. The van der Waals surface area contributed by atoms with Gasteiger partial charge in [-0.1, -0.05) is 53.4 Å². The standard InChI is InChI=1S/C22H21Cl3N4O3S/c23-16-6-4-5-15(9-16)13-28-14-17(12-26-28)27-22(30)18-10-21(20(25)11-19(18)24)33(31,32)29-7-2-1-3-8-29/h4-6,9-12,14H,1-3,7-8,13H2,(H,27,30). The molecule has 1 aromatic heterocycles. The van der Waals surface area contributed by atoms with Gasteiger partial charge in [-0.2, -0.15) is 9.40 Å². The molecule has 0 aliphatic carbocycles. The topological polar surface area (TPSA) is 84.3 Å². The molecule has 0 unspecified atom stereocenters. The van der Waals surface area contributed by atoms with Crippen LogP contribution in [0.2, 0.25) is 15.1 Å². The summed E-state index contributed by atoms with van der Waals surface area (Å²) in [5, 5.41) is 7.62. The Labute approximate surface area is 207 Å². The number of hydrogen-bond acceptors (Lipinski definition) is 4. The van der Waals surface area contributed by atoms with Gasteiger partial charge >= 0.3 is 0 Å². The number of rotatable bonds is 6. The third-order valence-electron chi connectivity index (χ3n) is 5.32. The average molecular weight is 528 g/mol. The second-order valence-electron chi connectivity index (χ2n) is 7.74. The first-order valence-corrected chi connectivity index (χ1v) is 12.9. The predicted octanol–water partition coefficient (Wildman–Crippen LogP) is 5.32. The number of carbonyl (C=O) groups excluding carboxylic acids is 1. The van der Waals surface area contributed by atoms with Crippen molar-refractivity contribution in [1.82, 2.24) is 14.1 Å². The molecule has 7 nitrogen and oxygen atoms in total. The highest BCUT2D eigenvalue weighted by atomic mass is 35.5. The molecule has 3 aromatic rings. The number of benzene rings is 2. The Kier molecular flexibility index (Phi) is 7.31. The molecule has 1 saturated heterocycles. The molecule has 1 aliphatic rings. The number of nitrogens with one attached hydrogen (secondary N) is 1. The first-order chi connectivity index (χ1) is 15.7. The van der Waals surface area contributed by atoms with Gasteiger partial charge in [-0.15, -0.1) is 0 Å². The van der Waals surface area contributed by atoms with E-state index in [1.807, 2.05) is 18.2 Å². The van der Waals surface area contributed by atoms with E-state index >= 15 is 0 Å². The van der Waals surface area contributed by atoms with Crippen LogP contribution in [0.4, 0.5) is 5.69 Å². The van der Waals surface area contributed by atoms with Gasteiger partial charge in [0.05, 0.1) is 34.0 Å².